The van der Waals surface area contributed by atoms with Gasteiger partial charge in [0, 0.05) is 6.54 Å². The zero-order valence-electron chi connectivity index (χ0n) is 10.0. The van der Waals surface area contributed by atoms with Gasteiger partial charge in [-0.25, -0.2) is 9.59 Å². The van der Waals surface area contributed by atoms with Crippen molar-refractivity contribution in [3.05, 3.63) is 0 Å². The summed E-state index contributed by atoms with van der Waals surface area (Å²) in [4.78, 5) is 34.8. The van der Waals surface area contributed by atoms with Crippen LogP contribution in [-0.2, 0) is 14.3 Å². The minimum atomic E-state index is -1.17. The number of nitrogens with zero attached hydrogens (tertiary/aromatic N) is 1. The van der Waals surface area contributed by atoms with Crippen LogP contribution in [-0.4, -0.2) is 52.7 Å². The minimum absolute atomic E-state index is 0.104. The summed E-state index contributed by atoms with van der Waals surface area (Å²) in [5.74, 6) is -1.57. The van der Waals surface area contributed by atoms with Crippen molar-refractivity contribution < 1.29 is 24.2 Å². The van der Waals surface area contributed by atoms with Gasteiger partial charge in [0.2, 0.25) is 5.91 Å². The second-order valence-electron chi connectivity index (χ2n) is 4.77. The number of ether oxygens (including phenoxy) is 1. The Kier molecular flexibility index (Phi) is 3.59. The van der Waals surface area contributed by atoms with E-state index in [4.69, 9.17) is 9.84 Å². The number of hydrogen-bond donors (Lipinski definition) is 2. The highest BCUT2D eigenvalue weighted by molar-refractivity contribution is 5.89. The van der Waals surface area contributed by atoms with E-state index in [1.165, 1.54) is 0 Å². The molecule has 2 N–H and O–H groups in total. The Morgan fingerprint density at radius 1 is 1.47 bits per heavy atom. The van der Waals surface area contributed by atoms with Gasteiger partial charge in [-0.05, 0) is 20.8 Å². The molecule has 0 aromatic heterocycles. The Labute approximate surface area is 98.7 Å². The third-order valence-electron chi connectivity index (χ3n) is 2.10. The molecule has 0 aromatic rings. The lowest BCUT2D eigenvalue weighted by Gasteiger charge is -2.34. The van der Waals surface area contributed by atoms with Crippen molar-refractivity contribution in [3.63, 3.8) is 0 Å². The smallest absolute Gasteiger partial charge is 0.411 e. The maximum absolute atomic E-state index is 11.7. The van der Waals surface area contributed by atoms with Crippen molar-refractivity contribution in [3.8, 4) is 0 Å². The van der Waals surface area contributed by atoms with Crippen LogP contribution in [0.25, 0.3) is 0 Å². The Morgan fingerprint density at radius 3 is 2.53 bits per heavy atom. The number of nitrogens with one attached hydrogen (secondary N) is 1. The van der Waals surface area contributed by atoms with Gasteiger partial charge >= 0.3 is 12.1 Å². The Bertz CT molecular complexity index is 347. The Balaban J connectivity index is 2.79. The first-order chi connectivity index (χ1) is 7.70. The molecule has 1 rings (SSSR count). The van der Waals surface area contributed by atoms with E-state index in [2.05, 4.69) is 5.32 Å². The number of carbonyl (C=O) groups is 3. The maximum atomic E-state index is 11.7. The fraction of sp³-hybridized carbons (Fsp3) is 0.700. The summed E-state index contributed by atoms with van der Waals surface area (Å²) in [6.45, 7) is 4.61. The van der Waals surface area contributed by atoms with E-state index in [-0.39, 0.29) is 13.1 Å². The van der Waals surface area contributed by atoms with Crippen molar-refractivity contribution in [2.24, 2.45) is 0 Å². The van der Waals surface area contributed by atoms with Crippen LogP contribution in [0.1, 0.15) is 20.8 Å². The SMILES string of the molecule is CC(C)(C)OC(=O)N1CC(=O)NC[C@@H]1C(=O)O. The third-order valence-corrected chi connectivity index (χ3v) is 2.10. The van der Waals surface area contributed by atoms with E-state index in [9.17, 15) is 14.4 Å². The molecule has 0 saturated carbocycles. The minimum Gasteiger partial charge on any atom is -0.480 e. The molecule has 0 spiro atoms. The summed E-state index contributed by atoms with van der Waals surface area (Å²) in [5.41, 5.74) is -0.728. The van der Waals surface area contributed by atoms with Crippen molar-refractivity contribution >= 4 is 18.0 Å². The van der Waals surface area contributed by atoms with Gasteiger partial charge in [-0.2, -0.15) is 0 Å². The predicted molar refractivity (Wildman–Crippen MR) is 57.4 cm³/mol. The number of amides is 2. The summed E-state index contributed by atoms with van der Waals surface area (Å²) in [7, 11) is 0. The van der Waals surface area contributed by atoms with E-state index in [0.717, 1.165) is 4.90 Å². The Hall–Kier alpha value is -1.79. The number of hydrogen-bond acceptors (Lipinski definition) is 4. The molecule has 1 atom stereocenters. The molecule has 1 heterocycles. The first-order valence-corrected chi connectivity index (χ1v) is 5.20. The van der Waals surface area contributed by atoms with Crippen LogP contribution in [0, 0.1) is 0 Å². The maximum Gasteiger partial charge on any atom is 0.411 e. The number of carboxylic acid groups (broad SMARTS) is 1. The van der Waals surface area contributed by atoms with Crippen LogP contribution in [0.3, 0.4) is 0 Å². The number of piperazine rings is 1. The van der Waals surface area contributed by atoms with Gasteiger partial charge in [0.05, 0.1) is 0 Å². The van der Waals surface area contributed by atoms with Gasteiger partial charge in [0.25, 0.3) is 0 Å². The molecule has 17 heavy (non-hydrogen) atoms. The fourth-order valence-corrected chi connectivity index (χ4v) is 1.37. The third kappa shape index (κ3) is 3.61. The number of carbonyl (C=O) groups excluding carboxylic acids is 2. The second-order valence-corrected chi connectivity index (χ2v) is 4.77. The average molecular weight is 244 g/mol. The van der Waals surface area contributed by atoms with Gasteiger partial charge in [0.15, 0.2) is 6.04 Å². The quantitative estimate of drug-likeness (QED) is 0.666. The van der Waals surface area contributed by atoms with Crippen LogP contribution in [0.4, 0.5) is 4.79 Å². The monoisotopic (exact) mass is 244 g/mol. The van der Waals surface area contributed by atoms with E-state index in [1.807, 2.05) is 0 Å². The molecule has 0 unspecified atom stereocenters. The molecule has 0 bridgehead atoms. The van der Waals surface area contributed by atoms with E-state index in [1.54, 1.807) is 20.8 Å². The second kappa shape index (κ2) is 4.60. The molecule has 1 saturated heterocycles. The zero-order valence-corrected chi connectivity index (χ0v) is 10.0. The molecular formula is C10H16N2O5. The van der Waals surface area contributed by atoms with Gasteiger partial charge < -0.3 is 15.2 Å². The lowest BCUT2D eigenvalue weighted by atomic mass is 10.2. The lowest BCUT2D eigenvalue weighted by molar-refractivity contribution is -0.145. The molecule has 1 aliphatic heterocycles. The summed E-state index contributed by atoms with van der Waals surface area (Å²) < 4.78 is 5.05. The number of carboxylic acids is 1. The molecule has 1 fully saturated rings. The van der Waals surface area contributed by atoms with Gasteiger partial charge in [0.1, 0.15) is 12.1 Å². The first-order valence-electron chi connectivity index (χ1n) is 5.20. The summed E-state index contributed by atoms with van der Waals surface area (Å²) in [6, 6.07) is -1.08. The van der Waals surface area contributed by atoms with Crippen molar-refractivity contribution in [2.45, 2.75) is 32.4 Å². The molecule has 0 aliphatic carbocycles. The van der Waals surface area contributed by atoms with Crippen LogP contribution in [0.15, 0.2) is 0 Å². The summed E-state index contributed by atoms with van der Waals surface area (Å²) >= 11 is 0. The molecule has 7 heteroatoms. The van der Waals surface area contributed by atoms with Crippen molar-refractivity contribution in [2.75, 3.05) is 13.1 Å². The average Bonchev–Trinajstić information content (AvgIpc) is 2.14. The molecule has 7 nitrogen and oxygen atoms in total. The van der Waals surface area contributed by atoms with Gasteiger partial charge in [-0.3, -0.25) is 9.69 Å². The number of rotatable bonds is 1. The van der Waals surface area contributed by atoms with Crippen LogP contribution >= 0.6 is 0 Å². The van der Waals surface area contributed by atoms with Crippen LogP contribution < -0.4 is 5.32 Å². The summed E-state index contributed by atoms with van der Waals surface area (Å²) in [5, 5.41) is 11.3. The lowest BCUT2D eigenvalue weighted by Crippen LogP contribution is -2.60. The van der Waals surface area contributed by atoms with Gasteiger partial charge in [-0.15, -0.1) is 0 Å². The topological polar surface area (TPSA) is 95.9 Å². The summed E-state index contributed by atoms with van der Waals surface area (Å²) in [6.07, 6.45) is -0.792. The molecule has 1 aliphatic rings. The highest BCUT2D eigenvalue weighted by atomic mass is 16.6. The van der Waals surface area contributed by atoms with E-state index < -0.39 is 29.6 Å². The van der Waals surface area contributed by atoms with Gasteiger partial charge in [-0.1, -0.05) is 0 Å². The molecular weight excluding hydrogens is 228 g/mol. The largest absolute Gasteiger partial charge is 0.480 e. The highest BCUT2D eigenvalue weighted by Gasteiger charge is 2.37. The molecule has 0 aromatic carbocycles. The number of aliphatic carboxylic acids is 1. The molecule has 96 valence electrons. The van der Waals surface area contributed by atoms with Crippen molar-refractivity contribution in [1.82, 2.24) is 10.2 Å². The molecule has 2 amide bonds. The van der Waals surface area contributed by atoms with E-state index in [0.29, 0.717) is 0 Å². The normalized spacial score (nSPS) is 20.8. The van der Waals surface area contributed by atoms with Crippen LogP contribution in [0.2, 0.25) is 0 Å². The van der Waals surface area contributed by atoms with Crippen molar-refractivity contribution in [1.29, 1.82) is 0 Å². The zero-order chi connectivity index (χ0) is 13.2. The standard InChI is InChI=1S/C10H16N2O5/c1-10(2,3)17-9(16)12-5-7(13)11-4-6(12)8(14)15/h6H,4-5H2,1-3H3,(H,11,13)(H,14,15)/t6-/m1/s1. The molecule has 0 radical (unpaired) electrons. The van der Waals surface area contributed by atoms with E-state index >= 15 is 0 Å². The fourth-order valence-electron chi connectivity index (χ4n) is 1.37. The first kappa shape index (κ1) is 13.3. The predicted octanol–water partition coefficient (Wildman–Crippen LogP) is -0.193. The highest BCUT2D eigenvalue weighted by Crippen LogP contribution is 2.13. The van der Waals surface area contributed by atoms with Crippen LogP contribution in [0.5, 0.6) is 0 Å². The Morgan fingerprint density at radius 2 is 2.06 bits per heavy atom.